The minimum Gasteiger partial charge on any atom is -0.370 e. The Labute approximate surface area is 167 Å². The van der Waals surface area contributed by atoms with Crippen LogP contribution in [0.3, 0.4) is 0 Å². The Morgan fingerprint density at radius 1 is 1.00 bits per heavy atom. The first-order chi connectivity index (χ1) is 13.6. The number of anilines is 1. The number of aromatic nitrogens is 2. The molecule has 1 aliphatic heterocycles. The highest BCUT2D eigenvalue weighted by atomic mass is 35.5. The maximum atomic E-state index is 13.1. The van der Waals surface area contributed by atoms with Gasteiger partial charge in [0.25, 0.3) is 5.91 Å². The quantitative estimate of drug-likeness (QED) is 0.669. The molecule has 2 heterocycles. The number of hydrogen-bond donors (Lipinski definition) is 0. The number of hydrogen-bond acceptors (Lipinski definition) is 3. The van der Waals surface area contributed by atoms with Crippen LogP contribution in [0.4, 0.5) is 10.1 Å². The fraction of sp³-hybridized carbons (Fsp3) is 0.238. The van der Waals surface area contributed by atoms with E-state index in [0.717, 1.165) is 24.3 Å². The van der Waals surface area contributed by atoms with Crippen LogP contribution in [0.15, 0.2) is 60.9 Å². The van der Waals surface area contributed by atoms with Crippen molar-refractivity contribution in [3.8, 4) is 5.69 Å². The molecule has 0 aliphatic carbocycles. The molecule has 7 heteroatoms. The zero-order valence-electron chi connectivity index (χ0n) is 15.3. The molecule has 1 saturated heterocycles. The third-order valence-corrected chi connectivity index (χ3v) is 5.11. The minimum atomic E-state index is -0.243. The second-order valence-electron chi connectivity index (χ2n) is 6.76. The van der Waals surface area contributed by atoms with E-state index in [9.17, 15) is 9.18 Å². The summed E-state index contributed by atoms with van der Waals surface area (Å²) in [5.74, 6) is -0.277. The first-order valence-electron chi connectivity index (χ1n) is 9.20. The number of carbonyl (C=O) groups is 1. The van der Waals surface area contributed by atoms with Crippen molar-refractivity contribution in [3.05, 3.63) is 77.3 Å². The van der Waals surface area contributed by atoms with Crippen molar-refractivity contribution in [1.29, 1.82) is 0 Å². The average Bonchev–Trinajstić information content (AvgIpc) is 3.07. The molecular weight excluding hydrogens is 379 g/mol. The summed E-state index contributed by atoms with van der Waals surface area (Å²) in [6, 6.07) is 13.8. The maximum Gasteiger partial charge on any atom is 0.257 e. The normalized spacial score (nSPS) is 14.8. The molecule has 0 saturated carbocycles. The zero-order valence-corrected chi connectivity index (χ0v) is 16.0. The number of benzene rings is 2. The summed E-state index contributed by atoms with van der Waals surface area (Å²) in [4.78, 5) is 17.0. The monoisotopic (exact) mass is 398 g/mol. The molecule has 0 radical (unpaired) electrons. The average molecular weight is 399 g/mol. The van der Waals surface area contributed by atoms with Gasteiger partial charge in [0.15, 0.2) is 0 Å². The molecule has 0 unspecified atom stereocenters. The Kier molecular flexibility index (Phi) is 5.30. The zero-order chi connectivity index (χ0) is 19.5. The van der Waals surface area contributed by atoms with Crippen molar-refractivity contribution in [1.82, 2.24) is 14.7 Å². The van der Waals surface area contributed by atoms with Gasteiger partial charge in [-0.3, -0.25) is 4.79 Å². The molecule has 1 aromatic heterocycles. The summed E-state index contributed by atoms with van der Waals surface area (Å²) in [5, 5.41) is 4.92. The van der Waals surface area contributed by atoms with Crippen LogP contribution >= 0.6 is 11.6 Å². The van der Waals surface area contributed by atoms with Crippen molar-refractivity contribution in [2.75, 3.05) is 31.1 Å². The van der Waals surface area contributed by atoms with Gasteiger partial charge in [0, 0.05) is 43.1 Å². The summed E-state index contributed by atoms with van der Waals surface area (Å²) >= 11 is 6.04. The second kappa shape index (κ2) is 8.02. The maximum absolute atomic E-state index is 13.1. The molecule has 5 nitrogen and oxygen atoms in total. The van der Waals surface area contributed by atoms with Crippen molar-refractivity contribution in [2.24, 2.45) is 0 Å². The van der Waals surface area contributed by atoms with E-state index in [0.29, 0.717) is 30.2 Å². The van der Waals surface area contributed by atoms with Gasteiger partial charge in [-0.1, -0.05) is 17.7 Å². The van der Waals surface area contributed by atoms with E-state index in [4.69, 9.17) is 11.6 Å². The van der Waals surface area contributed by atoms with Crippen LogP contribution in [0.25, 0.3) is 5.69 Å². The molecule has 1 aliphatic rings. The number of amides is 1. The summed E-state index contributed by atoms with van der Waals surface area (Å²) in [7, 11) is 0. The van der Waals surface area contributed by atoms with Gasteiger partial charge >= 0.3 is 0 Å². The van der Waals surface area contributed by atoms with Gasteiger partial charge in [0.2, 0.25) is 0 Å². The van der Waals surface area contributed by atoms with Crippen LogP contribution in [0.5, 0.6) is 0 Å². The fourth-order valence-electron chi connectivity index (χ4n) is 3.41. The van der Waals surface area contributed by atoms with Gasteiger partial charge in [-0.15, -0.1) is 0 Å². The van der Waals surface area contributed by atoms with Crippen molar-refractivity contribution in [3.63, 3.8) is 0 Å². The van der Waals surface area contributed by atoms with E-state index in [-0.39, 0.29) is 11.7 Å². The van der Waals surface area contributed by atoms with Crippen LogP contribution in [0, 0.1) is 5.82 Å². The Morgan fingerprint density at radius 3 is 2.61 bits per heavy atom. The predicted molar refractivity (Wildman–Crippen MR) is 108 cm³/mol. The molecule has 0 N–H and O–H groups in total. The highest BCUT2D eigenvalue weighted by Crippen LogP contribution is 2.19. The largest absolute Gasteiger partial charge is 0.370 e. The van der Waals surface area contributed by atoms with Crippen molar-refractivity contribution in [2.45, 2.75) is 6.42 Å². The Morgan fingerprint density at radius 2 is 1.82 bits per heavy atom. The lowest BCUT2D eigenvalue weighted by Crippen LogP contribution is -2.35. The van der Waals surface area contributed by atoms with Gasteiger partial charge in [-0.2, -0.15) is 5.10 Å². The second-order valence-corrected chi connectivity index (χ2v) is 7.20. The third-order valence-electron chi connectivity index (χ3n) is 4.88. The van der Waals surface area contributed by atoms with Crippen LogP contribution in [0.2, 0.25) is 5.02 Å². The topological polar surface area (TPSA) is 41.4 Å². The van der Waals surface area contributed by atoms with Crippen LogP contribution < -0.4 is 4.90 Å². The molecule has 144 valence electrons. The molecule has 3 aromatic rings. The smallest absolute Gasteiger partial charge is 0.257 e. The van der Waals surface area contributed by atoms with Crippen molar-refractivity contribution >= 4 is 23.2 Å². The lowest BCUT2D eigenvalue weighted by atomic mass is 10.2. The molecule has 0 spiro atoms. The van der Waals surface area contributed by atoms with Crippen LogP contribution in [-0.4, -0.2) is 46.8 Å². The van der Waals surface area contributed by atoms with E-state index in [1.807, 2.05) is 17.0 Å². The Balaban J connectivity index is 1.45. The molecular formula is C21H20ClFN4O. The predicted octanol–water partition coefficient (Wildman–Crippen LogP) is 4.02. The van der Waals surface area contributed by atoms with Gasteiger partial charge in [0.05, 0.1) is 17.4 Å². The first kappa shape index (κ1) is 18.5. The van der Waals surface area contributed by atoms with Gasteiger partial charge in [-0.25, -0.2) is 9.07 Å². The number of carbonyl (C=O) groups excluding carboxylic acids is 1. The highest BCUT2D eigenvalue weighted by molar-refractivity contribution is 6.30. The lowest BCUT2D eigenvalue weighted by molar-refractivity contribution is 0.0767. The standard InChI is InChI=1S/C21H20ClFN4O/c22-17-3-1-4-20(13-17)27-15-16(14-24-27)21(28)26-10-2-9-25(11-12-26)19-7-5-18(23)6-8-19/h1,3-8,13-15H,2,9-12H2. The third kappa shape index (κ3) is 4.02. The minimum absolute atomic E-state index is 0.0331. The number of rotatable bonds is 3. The molecule has 0 bridgehead atoms. The van der Waals surface area contributed by atoms with Crippen LogP contribution in [0.1, 0.15) is 16.8 Å². The van der Waals surface area contributed by atoms with E-state index < -0.39 is 0 Å². The lowest BCUT2D eigenvalue weighted by Gasteiger charge is -2.23. The van der Waals surface area contributed by atoms with Crippen LogP contribution in [-0.2, 0) is 0 Å². The fourth-order valence-corrected chi connectivity index (χ4v) is 3.59. The number of halogens is 2. The van der Waals surface area contributed by atoms with Crippen molar-refractivity contribution < 1.29 is 9.18 Å². The summed E-state index contributed by atoms with van der Waals surface area (Å²) in [6.45, 7) is 2.83. The SMILES string of the molecule is O=C(c1cnn(-c2cccc(Cl)c2)c1)N1CCCN(c2ccc(F)cc2)CC1. The highest BCUT2D eigenvalue weighted by Gasteiger charge is 2.21. The first-order valence-corrected chi connectivity index (χ1v) is 9.58. The van der Waals surface area contributed by atoms with E-state index in [2.05, 4.69) is 10.00 Å². The van der Waals surface area contributed by atoms with E-state index >= 15 is 0 Å². The summed E-state index contributed by atoms with van der Waals surface area (Å²) < 4.78 is 14.8. The summed E-state index contributed by atoms with van der Waals surface area (Å²) in [5.41, 5.74) is 2.34. The van der Waals surface area contributed by atoms with E-state index in [1.54, 1.807) is 41.3 Å². The summed E-state index contributed by atoms with van der Waals surface area (Å²) in [6.07, 6.45) is 4.17. The van der Waals surface area contributed by atoms with E-state index in [1.165, 1.54) is 12.1 Å². The Hall–Kier alpha value is -2.86. The van der Waals surface area contributed by atoms with Gasteiger partial charge in [0.1, 0.15) is 5.82 Å². The number of nitrogens with zero attached hydrogens (tertiary/aromatic N) is 4. The van der Waals surface area contributed by atoms with Gasteiger partial charge < -0.3 is 9.80 Å². The molecule has 1 fully saturated rings. The molecule has 1 amide bonds. The Bertz CT molecular complexity index is 973. The molecule has 4 rings (SSSR count). The van der Waals surface area contributed by atoms with Gasteiger partial charge in [-0.05, 0) is 48.9 Å². The molecule has 0 atom stereocenters. The molecule has 28 heavy (non-hydrogen) atoms. The molecule has 2 aromatic carbocycles.